The van der Waals surface area contributed by atoms with E-state index in [1.807, 2.05) is 20.0 Å². The molecule has 0 bridgehead atoms. The van der Waals surface area contributed by atoms with E-state index >= 15 is 0 Å². The molecule has 1 saturated carbocycles. The lowest BCUT2D eigenvalue weighted by molar-refractivity contribution is 0.340. The molecule has 2 heteroatoms. The van der Waals surface area contributed by atoms with E-state index in [2.05, 4.69) is 37.4 Å². The lowest BCUT2D eigenvalue weighted by Gasteiger charge is -2.07. The van der Waals surface area contributed by atoms with Crippen LogP contribution in [0.5, 0.6) is 5.75 Å². The van der Waals surface area contributed by atoms with Crippen molar-refractivity contribution in [2.45, 2.75) is 26.7 Å². The molecule has 2 atom stereocenters. The van der Waals surface area contributed by atoms with Gasteiger partial charge in [0.05, 0.1) is 6.61 Å². The molecule has 2 rings (SSSR count). The van der Waals surface area contributed by atoms with E-state index < -0.39 is 0 Å². The molecule has 94 valence electrons. The largest absolute Gasteiger partial charge is 0.494 e. The van der Waals surface area contributed by atoms with Crippen molar-refractivity contribution in [3.8, 4) is 5.75 Å². The predicted molar refractivity (Wildman–Crippen MR) is 71.5 cm³/mol. The number of rotatable bonds is 5. The number of nitrogens with one attached hydrogen (secondary N) is 1. The average molecular weight is 233 g/mol. The number of benzene rings is 1. The van der Waals surface area contributed by atoms with Crippen molar-refractivity contribution < 1.29 is 4.74 Å². The standard InChI is InChI=1S/C15H23NO/c1-5-17-12-8-6-7-11(9-12)14-13(10-16-4)15(14,2)3/h6-9,13-14,16H,5,10H2,1-4H3. The molecule has 1 aliphatic carbocycles. The minimum absolute atomic E-state index is 0.411. The molecule has 17 heavy (non-hydrogen) atoms. The Morgan fingerprint density at radius 3 is 2.76 bits per heavy atom. The molecule has 0 amide bonds. The topological polar surface area (TPSA) is 21.3 Å². The Morgan fingerprint density at radius 2 is 2.12 bits per heavy atom. The molecule has 0 aromatic heterocycles. The SMILES string of the molecule is CCOc1cccc(C2C(CNC)C2(C)C)c1. The summed E-state index contributed by atoms with van der Waals surface area (Å²) in [4.78, 5) is 0. The molecular weight excluding hydrogens is 210 g/mol. The van der Waals surface area contributed by atoms with Crippen LogP contribution in [0, 0.1) is 11.3 Å². The summed E-state index contributed by atoms with van der Waals surface area (Å²) in [6.07, 6.45) is 0. The van der Waals surface area contributed by atoms with Gasteiger partial charge in [-0.25, -0.2) is 0 Å². The molecule has 0 radical (unpaired) electrons. The molecule has 1 aromatic carbocycles. The Morgan fingerprint density at radius 1 is 1.35 bits per heavy atom. The smallest absolute Gasteiger partial charge is 0.119 e. The lowest BCUT2D eigenvalue weighted by atomic mass is 10.0. The van der Waals surface area contributed by atoms with Gasteiger partial charge in [-0.15, -0.1) is 0 Å². The molecule has 1 aromatic rings. The van der Waals surface area contributed by atoms with Crippen LogP contribution in [0.15, 0.2) is 24.3 Å². The minimum Gasteiger partial charge on any atom is -0.494 e. The van der Waals surface area contributed by atoms with E-state index in [0.717, 1.165) is 24.8 Å². The Kier molecular flexibility index (Phi) is 3.43. The van der Waals surface area contributed by atoms with Crippen molar-refractivity contribution in [2.75, 3.05) is 20.2 Å². The van der Waals surface area contributed by atoms with Crippen LogP contribution in [-0.2, 0) is 0 Å². The van der Waals surface area contributed by atoms with Crippen LogP contribution in [0.25, 0.3) is 0 Å². The van der Waals surface area contributed by atoms with Gasteiger partial charge in [0.25, 0.3) is 0 Å². The van der Waals surface area contributed by atoms with Gasteiger partial charge in [-0.3, -0.25) is 0 Å². The average Bonchev–Trinajstić information content (AvgIpc) is 2.82. The van der Waals surface area contributed by atoms with Gasteiger partial charge in [-0.1, -0.05) is 26.0 Å². The highest BCUT2D eigenvalue weighted by molar-refractivity contribution is 5.37. The van der Waals surface area contributed by atoms with Crippen molar-refractivity contribution in [2.24, 2.45) is 11.3 Å². The zero-order valence-corrected chi connectivity index (χ0v) is 11.3. The first-order valence-corrected chi connectivity index (χ1v) is 6.48. The summed E-state index contributed by atoms with van der Waals surface area (Å²) >= 11 is 0. The first kappa shape index (κ1) is 12.4. The molecule has 0 heterocycles. The molecule has 2 nitrogen and oxygen atoms in total. The summed E-state index contributed by atoms with van der Waals surface area (Å²) in [6.45, 7) is 8.56. The first-order valence-electron chi connectivity index (χ1n) is 6.48. The Hall–Kier alpha value is -1.02. The Balaban J connectivity index is 2.15. The van der Waals surface area contributed by atoms with Crippen molar-refractivity contribution in [1.29, 1.82) is 0 Å². The van der Waals surface area contributed by atoms with Crippen molar-refractivity contribution in [3.63, 3.8) is 0 Å². The monoisotopic (exact) mass is 233 g/mol. The van der Waals surface area contributed by atoms with Crippen molar-refractivity contribution >= 4 is 0 Å². The Bertz CT molecular complexity index is 386. The fourth-order valence-electron chi connectivity index (χ4n) is 2.97. The second-order valence-electron chi connectivity index (χ2n) is 5.47. The fourth-order valence-corrected chi connectivity index (χ4v) is 2.97. The summed E-state index contributed by atoms with van der Waals surface area (Å²) in [5.41, 5.74) is 1.83. The van der Waals surface area contributed by atoms with Gasteiger partial charge in [0.15, 0.2) is 0 Å². The highest BCUT2D eigenvalue weighted by Crippen LogP contribution is 2.64. The van der Waals surface area contributed by atoms with E-state index in [4.69, 9.17) is 4.74 Å². The summed E-state index contributed by atoms with van der Waals surface area (Å²) < 4.78 is 5.57. The number of ether oxygens (including phenoxy) is 1. The normalized spacial score (nSPS) is 25.6. The van der Waals surface area contributed by atoms with Crippen molar-refractivity contribution in [1.82, 2.24) is 5.32 Å². The molecule has 1 fully saturated rings. The Labute approximate surface area is 104 Å². The van der Waals surface area contributed by atoms with E-state index in [1.165, 1.54) is 5.56 Å². The fraction of sp³-hybridized carbons (Fsp3) is 0.600. The molecule has 2 unspecified atom stereocenters. The summed E-state index contributed by atoms with van der Waals surface area (Å²) in [5.74, 6) is 2.40. The van der Waals surface area contributed by atoms with E-state index in [-0.39, 0.29) is 0 Å². The lowest BCUT2D eigenvalue weighted by Crippen LogP contribution is -2.12. The van der Waals surface area contributed by atoms with Crippen LogP contribution < -0.4 is 10.1 Å². The zero-order valence-electron chi connectivity index (χ0n) is 11.3. The van der Waals surface area contributed by atoms with Crippen LogP contribution in [-0.4, -0.2) is 20.2 Å². The molecular formula is C15H23NO. The molecule has 0 spiro atoms. The van der Waals surface area contributed by atoms with Crippen molar-refractivity contribution in [3.05, 3.63) is 29.8 Å². The van der Waals surface area contributed by atoms with Gasteiger partial charge < -0.3 is 10.1 Å². The van der Waals surface area contributed by atoms with E-state index in [9.17, 15) is 0 Å². The molecule has 0 saturated heterocycles. The third-order valence-electron chi connectivity index (χ3n) is 4.00. The number of hydrogen-bond donors (Lipinski definition) is 1. The molecule has 1 aliphatic rings. The summed E-state index contributed by atoms with van der Waals surface area (Å²) in [5, 5.41) is 3.29. The summed E-state index contributed by atoms with van der Waals surface area (Å²) in [6, 6.07) is 8.57. The zero-order chi connectivity index (χ0) is 12.5. The maximum absolute atomic E-state index is 5.57. The maximum Gasteiger partial charge on any atom is 0.119 e. The second kappa shape index (κ2) is 4.69. The van der Waals surface area contributed by atoms with Gasteiger partial charge in [0.1, 0.15) is 5.75 Å². The predicted octanol–water partition coefficient (Wildman–Crippen LogP) is 3.04. The second-order valence-corrected chi connectivity index (χ2v) is 5.47. The quantitative estimate of drug-likeness (QED) is 0.844. The van der Waals surface area contributed by atoms with Gasteiger partial charge in [0.2, 0.25) is 0 Å². The van der Waals surface area contributed by atoms with Gasteiger partial charge in [0, 0.05) is 0 Å². The minimum atomic E-state index is 0.411. The van der Waals surface area contributed by atoms with Crippen LogP contribution in [0.3, 0.4) is 0 Å². The maximum atomic E-state index is 5.57. The highest BCUT2D eigenvalue weighted by Gasteiger charge is 2.57. The van der Waals surface area contributed by atoms with E-state index in [1.54, 1.807) is 0 Å². The van der Waals surface area contributed by atoms with Crippen LogP contribution >= 0.6 is 0 Å². The summed E-state index contributed by atoms with van der Waals surface area (Å²) in [7, 11) is 2.03. The number of hydrogen-bond acceptors (Lipinski definition) is 2. The van der Waals surface area contributed by atoms with Gasteiger partial charge >= 0.3 is 0 Å². The molecule has 1 N–H and O–H groups in total. The third-order valence-corrected chi connectivity index (χ3v) is 4.00. The van der Waals surface area contributed by atoms with Crippen LogP contribution in [0.2, 0.25) is 0 Å². The molecule has 0 aliphatic heterocycles. The van der Waals surface area contributed by atoms with Crippen LogP contribution in [0.1, 0.15) is 32.3 Å². The highest BCUT2D eigenvalue weighted by atomic mass is 16.5. The first-order chi connectivity index (χ1) is 8.11. The van der Waals surface area contributed by atoms with Gasteiger partial charge in [-0.2, -0.15) is 0 Å². The third kappa shape index (κ3) is 2.32. The van der Waals surface area contributed by atoms with E-state index in [0.29, 0.717) is 11.3 Å². The van der Waals surface area contributed by atoms with Gasteiger partial charge in [-0.05, 0) is 55.5 Å². The van der Waals surface area contributed by atoms with Crippen LogP contribution in [0.4, 0.5) is 0 Å².